The van der Waals surface area contributed by atoms with E-state index < -0.39 is 0 Å². The van der Waals surface area contributed by atoms with Crippen LogP contribution in [0.3, 0.4) is 0 Å². The van der Waals surface area contributed by atoms with Crippen LogP contribution in [0.25, 0.3) is 0 Å². The van der Waals surface area contributed by atoms with E-state index in [0.29, 0.717) is 0 Å². The Hall–Kier alpha value is -2.34. The first kappa shape index (κ1) is 13.6. The zero-order valence-electron chi connectivity index (χ0n) is 12.2. The minimum absolute atomic E-state index is 0.0553. The smallest absolute Gasteiger partial charge is 0.133 e. The average molecular weight is 285 g/mol. The van der Waals surface area contributed by atoms with Gasteiger partial charge in [-0.25, -0.2) is 9.97 Å². The van der Waals surface area contributed by atoms with Crippen molar-refractivity contribution in [3.63, 3.8) is 0 Å². The Bertz CT molecular complexity index is 683. The van der Waals surface area contributed by atoms with Crippen LogP contribution in [-0.4, -0.2) is 25.6 Å². The molecule has 3 aromatic heterocycles. The third kappa shape index (κ3) is 2.90. The highest BCUT2D eigenvalue weighted by Crippen LogP contribution is 2.20. The number of furan rings is 1. The number of hydrogen-bond acceptors (Lipinski definition) is 4. The summed E-state index contributed by atoms with van der Waals surface area (Å²) in [5.74, 6) is 2.86. The summed E-state index contributed by atoms with van der Waals surface area (Å²) in [4.78, 5) is 8.76. The highest BCUT2D eigenvalue weighted by molar-refractivity contribution is 5.15. The van der Waals surface area contributed by atoms with Gasteiger partial charge in [0.15, 0.2) is 0 Å². The second-order valence-corrected chi connectivity index (χ2v) is 5.00. The number of aromatic nitrogens is 4. The maximum Gasteiger partial charge on any atom is 0.133 e. The second-order valence-electron chi connectivity index (χ2n) is 5.00. The van der Waals surface area contributed by atoms with Crippen molar-refractivity contribution in [3.05, 3.63) is 60.6 Å². The largest absolute Gasteiger partial charge is 0.467 e. The van der Waals surface area contributed by atoms with Crippen LogP contribution in [0, 0.1) is 0 Å². The lowest BCUT2D eigenvalue weighted by atomic mass is 10.2. The maximum atomic E-state index is 5.55. The van der Waals surface area contributed by atoms with Gasteiger partial charge in [-0.15, -0.1) is 0 Å². The van der Waals surface area contributed by atoms with Crippen LogP contribution in [0.2, 0.25) is 0 Å². The molecule has 110 valence electrons. The Labute approximate surface area is 123 Å². The van der Waals surface area contributed by atoms with Crippen molar-refractivity contribution < 1.29 is 4.42 Å². The summed E-state index contributed by atoms with van der Waals surface area (Å²) < 4.78 is 9.58. The lowest BCUT2D eigenvalue weighted by Crippen LogP contribution is -2.27. The number of hydrogen-bond donors (Lipinski definition) is 1. The summed E-state index contributed by atoms with van der Waals surface area (Å²) in [5, 5.41) is 3.50. The first-order valence-corrected chi connectivity index (χ1v) is 6.96. The molecule has 1 atom stereocenters. The van der Waals surface area contributed by atoms with E-state index in [-0.39, 0.29) is 6.04 Å². The molecule has 1 unspecified atom stereocenters. The van der Waals surface area contributed by atoms with Crippen molar-refractivity contribution in [2.45, 2.75) is 12.5 Å². The summed E-state index contributed by atoms with van der Waals surface area (Å²) in [5.41, 5.74) is 0. The highest BCUT2D eigenvalue weighted by atomic mass is 16.3. The molecule has 3 aromatic rings. The summed E-state index contributed by atoms with van der Waals surface area (Å²) >= 11 is 0. The van der Waals surface area contributed by atoms with Crippen LogP contribution in [0.4, 0.5) is 0 Å². The minimum atomic E-state index is -0.0553. The third-order valence-corrected chi connectivity index (χ3v) is 3.56. The van der Waals surface area contributed by atoms with Gasteiger partial charge in [-0.3, -0.25) is 0 Å². The third-order valence-electron chi connectivity index (χ3n) is 3.56. The quantitative estimate of drug-likeness (QED) is 0.748. The van der Waals surface area contributed by atoms with Gasteiger partial charge >= 0.3 is 0 Å². The van der Waals surface area contributed by atoms with E-state index in [1.54, 1.807) is 12.5 Å². The fraction of sp³-hybridized carbons (Fsp3) is 0.333. The van der Waals surface area contributed by atoms with E-state index in [0.717, 1.165) is 30.4 Å². The molecule has 0 fully saturated rings. The molecular formula is C15H19N5O. The minimum Gasteiger partial charge on any atom is -0.467 e. The highest BCUT2D eigenvalue weighted by Gasteiger charge is 2.20. The Morgan fingerprint density at radius 2 is 2.00 bits per heavy atom. The van der Waals surface area contributed by atoms with E-state index in [1.165, 1.54) is 0 Å². The van der Waals surface area contributed by atoms with Crippen molar-refractivity contribution in [1.82, 2.24) is 24.4 Å². The Morgan fingerprint density at radius 3 is 2.62 bits per heavy atom. The first-order valence-electron chi connectivity index (χ1n) is 6.96. The van der Waals surface area contributed by atoms with Crippen molar-refractivity contribution in [2.24, 2.45) is 14.1 Å². The fourth-order valence-corrected chi connectivity index (χ4v) is 2.40. The molecule has 0 aliphatic heterocycles. The molecule has 21 heavy (non-hydrogen) atoms. The number of rotatable bonds is 6. The van der Waals surface area contributed by atoms with Crippen LogP contribution in [0.1, 0.15) is 23.5 Å². The summed E-state index contributed by atoms with van der Waals surface area (Å²) in [6.07, 6.45) is 10.0. The molecular weight excluding hydrogens is 266 g/mol. The van der Waals surface area contributed by atoms with Crippen LogP contribution >= 0.6 is 0 Å². The summed E-state index contributed by atoms with van der Waals surface area (Å²) in [6, 6.07) is 3.80. The number of aryl methyl sites for hydroxylation is 2. The second kappa shape index (κ2) is 5.97. The van der Waals surface area contributed by atoms with E-state index in [9.17, 15) is 0 Å². The monoisotopic (exact) mass is 285 g/mol. The molecule has 3 rings (SSSR count). The molecule has 0 saturated carbocycles. The van der Waals surface area contributed by atoms with Gasteiger partial charge in [0.2, 0.25) is 0 Å². The molecule has 0 amide bonds. The zero-order valence-corrected chi connectivity index (χ0v) is 12.2. The first-order chi connectivity index (χ1) is 10.3. The van der Waals surface area contributed by atoms with Crippen molar-refractivity contribution in [2.75, 3.05) is 6.54 Å². The van der Waals surface area contributed by atoms with Crippen LogP contribution < -0.4 is 5.32 Å². The van der Waals surface area contributed by atoms with Gasteiger partial charge in [-0.1, -0.05) is 0 Å². The Kier molecular flexibility index (Phi) is 3.87. The van der Waals surface area contributed by atoms with Gasteiger partial charge in [-0.05, 0) is 12.1 Å². The zero-order chi connectivity index (χ0) is 14.7. The summed E-state index contributed by atoms with van der Waals surface area (Å²) in [7, 11) is 3.99. The standard InChI is InChI=1S/C15H19N5O/c1-19-9-7-16-13(19)5-6-17-14(12-4-3-11-21-12)15-18-8-10-20(15)2/h3-4,7-11,14,17H,5-6H2,1-2H3. The van der Waals surface area contributed by atoms with Crippen molar-refractivity contribution in [3.8, 4) is 0 Å². The van der Waals surface area contributed by atoms with Crippen LogP contribution in [0.15, 0.2) is 47.6 Å². The normalized spacial score (nSPS) is 12.7. The molecule has 0 aromatic carbocycles. The van der Waals surface area contributed by atoms with Gasteiger partial charge in [-0.2, -0.15) is 0 Å². The average Bonchev–Trinajstić information content (AvgIpc) is 3.19. The van der Waals surface area contributed by atoms with Gasteiger partial charge in [0.05, 0.1) is 6.26 Å². The molecule has 3 heterocycles. The summed E-state index contributed by atoms with van der Waals surface area (Å²) in [6.45, 7) is 0.795. The van der Waals surface area contributed by atoms with Gasteiger partial charge in [0, 0.05) is 51.8 Å². The van der Waals surface area contributed by atoms with E-state index in [4.69, 9.17) is 4.42 Å². The molecule has 0 aliphatic rings. The number of nitrogens with zero attached hydrogens (tertiary/aromatic N) is 4. The topological polar surface area (TPSA) is 60.8 Å². The van der Waals surface area contributed by atoms with Crippen LogP contribution in [-0.2, 0) is 20.5 Å². The lowest BCUT2D eigenvalue weighted by Gasteiger charge is -2.16. The SMILES string of the molecule is Cn1ccnc1CCNC(c1ccco1)c1nccn1C. The van der Waals surface area contributed by atoms with E-state index >= 15 is 0 Å². The van der Waals surface area contributed by atoms with E-state index in [1.807, 2.05) is 54.0 Å². The predicted octanol–water partition coefficient (Wildman–Crippen LogP) is 1.67. The van der Waals surface area contributed by atoms with Gasteiger partial charge in [0.1, 0.15) is 23.5 Å². The number of imidazole rings is 2. The predicted molar refractivity (Wildman–Crippen MR) is 78.7 cm³/mol. The molecule has 0 aliphatic carbocycles. The lowest BCUT2D eigenvalue weighted by molar-refractivity contribution is 0.430. The Balaban J connectivity index is 1.72. The Morgan fingerprint density at radius 1 is 1.19 bits per heavy atom. The molecule has 6 nitrogen and oxygen atoms in total. The molecule has 6 heteroatoms. The molecule has 0 radical (unpaired) electrons. The van der Waals surface area contributed by atoms with Crippen molar-refractivity contribution >= 4 is 0 Å². The molecule has 0 bridgehead atoms. The van der Waals surface area contributed by atoms with E-state index in [2.05, 4.69) is 15.3 Å². The molecule has 0 saturated heterocycles. The maximum absolute atomic E-state index is 5.55. The molecule has 1 N–H and O–H groups in total. The van der Waals surface area contributed by atoms with Gasteiger partial charge in [0.25, 0.3) is 0 Å². The van der Waals surface area contributed by atoms with Crippen molar-refractivity contribution in [1.29, 1.82) is 0 Å². The number of nitrogens with one attached hydrogen (secondary N) is 1. The molecule has 0 spiro atoms. The fourth-order valence-electron chi connectivity index (χ4n) is 2.40. The van der Waals surface area contributed by atoms with Crippen LogP contribution in [0.5, 0.6) is 0 Å². The van der Waals surface area contributed by atoms with Gasteiger partial charge < -0.3 is 18.9 Å².